The molecular formula is C16H27ClN4OS. The molecule has 2 aliphatic rings. The van der Waals surface area contributed by atoms with E-state index in [4.69, 9.17) is 5.73 Å². The second kappa shape index (κ2) is 8.31. The van der Waals surface area contributed by atoms with Crippen LogP contribution in [0.5, 0.6) is 0 Å². The van der Waals surface area contributed by atoms with E-state index in [1.54, 1.807) is 11.3 Å². The summed E-state index contributed by atoms with van der Waals surface area (Å²) in [7, 11) is 0. The van der Waals surface area contributed by atoms with Crippen molar-refractivity contribution >= 4 is 34.8 Å². The van der Waals surface area contributed by atoms with Gasteiger partial charge in [0.05, 0.1) is 0 Å². The number of likely N-dealkylation sites (tertiary alicyclic amines) is 2. The van der Waals surface area contributed by atoms with Gasteiger partial charge in [0.1, 0.15) is 0 Å². The molecule has 0 spiro atoms. The summed E-state index contributed by atoms with van der Waals surface area (Å²) >= 11 is 1.56. The van der Waals surface area contributed by atoms with Crippen molar-refractivity contribution < 1.29 is 4.79 Å². The highest BCUT2D eigenvalue weighted by Gasteiger charge is 2.30. The van der Waals surface area contributed by atoms with E-state index >= 15 is 0 Å². The van der Waals surface area contributed by atoms with E-state index in [1.807, 2.05) is 6.20 Å². The number of hydrogen-bond acceptors (Lipinski definition) is 5. The first kappa shape index (κ1) is 18.5. The molecule has 0 radical (unpaired) electrons. The quantitative estimate of drug-likeness (QED) is 0.902. The topological polar surface area (TPSA) is 62.5 Å². The first-order valence-corrected chi connectivity index (χ1v) is 9.15. The average molecular weight is 359 g/mol. The predicted molar refractivity (Wildman–Crippen MR) is 96.8 cm³/mol. The summed E-state index contributed by atoms with van der Waals surface area (Å²) in [5.41, 5.74) is 5.68. The fourth-order valence-corrected chi connectivity index (χ4v) is 4.33. The molecule has 130 valence electrons. The molecule has 1 unspecified atom stereocenters. The van der Waals surface area contributed by atoms with Crippen LogP contribution in [0.4, 0.5) is 5.13 Å². The molecule has 2 aliphatic heterocycles. The molecular weight excluding hydrogens is 332 g/mol. The van der Waals surface area contributed by atoms with Gasteiger partial charge in [0.15, 0.2) is 5.13 Å². The van der Waals surface area contributed by atoms with Gasteiger partial charge in [-0.05, 0) is 44.7 Å². The minimum absolute atomic E-state index is 0. The normalized spacial score (nSPS) is 23.5. The van der Waals surface area contributed by atoms with Gasteiger partial charge in [-0.3, -0.25) is 9.69 Å². The van der Waals surface area contributed by atoms with Crippen molar-refractivity contribution in [1.82, 2.24) is 14.8 Å². The Kier molecular flexibility index (Phi) is 6.68. The van der Waals surface area contributed by atoms with Gasteiger partial charge < -0.3 is 10.6 Å². The molecule has 1 aromatic heterocycles. The van der Waals surface area contributed by atoms with Crippen molar-refractivity contribution in [3.8, 4) is 0 Å². The maximum Gasteiger partial charge on any atom is 0.225 e. The number of aromatic nitrogens is 1. The summed E-state index contributed by atoms with van der Waals surface area (Å²) in [6.45, 7) is 7.08. The molecule has 3 rings (SSSR count). The van der Waals surface area contributed by atoms with E-state index in [2.05, 4.69) is 21.7 Å². The largest absolute Gasteiger partial charge is 0.375 e. The van der Waals surface area contributed by atoms with Crippen molar-refractivity contribution in [3.05, 3.63) is 11.1 Å². The Bertz CT molecular complexity index is 516. The predicted octanol–water partition coefficient (Wildman–Crippen LogP) is 2.62. The van der Waals surface area contributed by atoms with Gasteiger partial charge in [-0.15, -0.1) is 23.7 Å². The van der Waals surface area contributed by atoms with Crippen molar-refractivity contribution in [1.29, 1.82) is 0 Å². The second-order valence-corrected chi connectivity index (χ2v) is 7.89. The fraction of sp³-hybridized carbons (Fsp3) is 0.750. The Morgan fingerprint density at radius 3 is 2.70 bits per heavy atom. The maximum absolute atomic E-state index is 12.6. The molecule has 5 nitrogen and oxygen atoms in total. The first-order chi connectivity index (χ1) is 10.6. The van der Waals surface area contributed by atoms with Crippen LogP contribution in [0.15, 0.2) is 6.20 Å². The lowest BCUT2D eigenvalue weighted by Crippen LogP contribution is -2.45. The Balaban J connectivity index is 0.00000192. The number of nitrogens with zero attached hydrogens (tertiary/aromatic N) is 3. The third-order valence-electron chi connectivity index (χ3n) is 4.86. The number of hydrogen-bond donors (Lipinski definition) is 1. The minimum atomic E-state index is 0. The fourth-order valence-electron chi connectivity index (χ4n) is 3.60. The molecule has 7 heteroatoms. The van der Waals surface area contributed by atoms with Gasteiger partial charge in [0, 0.05) is 36.6 Å². The number of nitrogen functional groups attached to an aromatic ring is 1. The van der Waals surface area contributed by atoms with Crippen LogP contribution < -0.4 is 5.73 Å². The lowest BCUT2D eigenvalue weighted by Gasteiger charge is -2.37. The lowest BCUT2D eigenvalue weighted by atomic mass is 9.93. The van der Waals surface area contributed by atoms with Gasteiger partial charge in [-0.1, -0.05) is 6.92 Å². The van der Waals surface area contributed by atoms with Gasteiger partial charge >= 0.3 is 0 Å². The van der Waals surface area contributed by atoms with E-state index in [9.17, 15) is 4.79 Å². The van der Waals surface area contributed by atoms with Crippen LogP contribution in [0, 0.1) is 11.8 Å². The molecule has 1 amide bonds. The van der Waals surface area contributed by atoms with Crippen LogP contribution in [0.2, 0.25) is 0 Å². The van der Waals surface area contributed by atoms with Crippen molar-refractivity contribution in [3.63, 3.8) is 0 Å². The number of carbonyl (C=O) groups excluding carboxylic acids is 1. The van der Waals surface area contributed by atoms with Crippen molar-refractivity contribution in [2.45, 2.75) is 39.2 Å². The number of anilines is 1. The number of amides is 1. The summed E-state index contributed by atoms with van der Waals surface area (Å²) in [4.78, 5) is 22.5. The van der Waals surface area contributed by atoms with Crippen molar-refractivity contribution in [2.75, 3.05) is 31.9 Å². The lowest BCUT2D eigenvalue weighted by molar-refractivity contribution is -0.138. The average Bonchev–Trinajstić information content (AvgIpc) is 2.92. The van der Waals surface area contributed by atoms with Crippen LogP contribution >= 0.6 is 23.7 Å². The highest BCUT2D eigenvalue weighted by molar-refractivity contribution is 7.15. The Labute approximate surface area is 148 Å². The SMILES string of the molecule is CC1CCCN(C(=O)C2CCN(Cc3cnc(N)s3)CC2)C1.Cl. The van der Waals surface area contributed by atoms with Gasteiger partial charge in [0.25, 0.3) is 0 Å². The third-order valence-corrected chi connectivity index (χ3v) is 5.67. The maximum atomic E-state index is 12.6. The number of rotatable bonds is 3. The summed E-state index contributed by atoms with van der Waals surface area (Å²) in [5.74, 6) is 1.29. The Hall–Kier alpha value is -0.850. The molecule has 0 saturated carbocycles. The molecule has 2 saturated heterocycles. The molecule has 3 heterocycles. The Morgan fingerprint density at radius 1 is 1.35 bits per heavy atom. The smallest absolute Gasteiger partial charge is 0.225 e. The third kappa shape index (κ3) is 4.81. The van der Waals surface area contributed by atoms with Crippen LogP contribution in [0.1, 0.15) is 37.5 Å². The van der Waals surface area contributed by atoms with E-state index in [0.29, 0.717) is 17.0 Å². The highest BCUT2D eigenvalue weighted by atomic mass is 35.5. The highest BCUT2D eigenvalue weighted by Crippen LogP contribution is 2.25. The van der Waals surface area contributed by atoms with Crippen LogP contribution in [0.25, 0.3) is 0 Å². The van der Waals surface area contributed by atoms with Crippen LogP contribution in [-0.2, 0) is 11.3 Å². The molecule has 23 heavy (non-hydrogen) atoms. The Morgan fingerprint density at radius 2 is 2.09 bits per heavy atom. The zero-order valence-electron chi connectivity index (χ0n) is 13.7. The molecule has 2 N–H and O–H groups in total. The number of halogens is 1. The monoisotopic (exact) mass is 358 g/mol. The number of nitrogens with two attached hydrogens (primary N) is 1. The van der Waals surface area contributed by atoms with E-state index in [1.165, 1.54) is 17.7 Å². The molecule has 0 bridgehead atoms. The molecule has 0 aromatic carbocycles. The van der Waals surface area contributed by atoms with Gasteiger partial charge in [0.2, 0.25) is 5.91 Å². The number of carbonyl (C=O) groups is 1. The minimum Gasteiger partial charge on any atom is -0.375 e. The van der Waals surface area contributed by atoms with Crippen LogP contribution in [-0.4, -0.2) is 46.9 Å². The molecule has 0 aliphatic carbocycles. The van der Waals surface area contributed by atoms with E-state index in [-0.39, 0.29) is 18.3 Å². The zero-order valence-corrected chi connectivity index (χ0v) is 15.4. The van der Waals surface area contributed by atoms with Gasteiger partial charge in [-0.25, -0.2) is 4.98 Å². The van der Waals surface area contributed by atoms with E-state index < -0.39 is 0 Å². The number of thiazole rings is 1. The number of piperidine rings is 2. The molecule has 1 aromatic rings. The summed E-state index contributed by atoms with van der Waals surface area (Å²) < 4.78 is 0. The summed E-state index contributed by atoms with van der Waals surface area (Å²) in [6, 6.07) is 0. The van der Waals surface area contributed by atoms with E-state index in [0.717, 1.165) is 45.6 Å². The first-order valence-electron chi connectivity index (χ1n) is 8.33. The zero-order chi connectivity index (χ0) is 15.5. The molecule has 2 fully saturated rings. The van der Waals surface area contributed by atoms with Crippen molar-refractivity contribution in [2.24, 2.45) is 11.8 Å². The summed E-state index contributed by atoms with van der Waals surface area (Å²) in [5, 5.41) is 0.638. The standard InChI is InChI=1S/C16H26N4OS.ClH/c1-12-3-2-6-20(10-12)15(21)13-4-7-19(8-5-13)11-14-9-18-16(17)22-14;/h9,12-13H,2-8,10-11H2,1H3,(H2,17,18);1H. The summed E-state index contributed by atoms with van der Waals surface area (Å²) in [6.07, 6.45) is 6.26. The molecule has 1 atom stereocenters. The second-order valence-electron chi connectivity index (χ2n) is 6.75. The van der Waals surface area contributed by atoms with Gasteiger partial charge in [-0.2, -0.15) is 0 Å². The van der Waals surface area contributed by atoms with Crippen LogP contribution in [0.3, 0.4) is 0 Å².